The number of nitro groups is 1. The van der Waals surface area contributed by atoms with Crippen molar-refractivity contribution >= 4 is 28.1 Å². The van der Waals surface area contributed by atoms with E-state index >= 15 is 0 Å². The third-order valence-corrected chi connectivity index (χ3v) is 3.46. The second-order valence-electron chi connectivity index (χ2n) is 4.72. The summed E-state index contributed by atoms with van der Waals surface area (Å²) in [6.45, 7) is 3.94. The Bertz CT molecular complexity index is 841. The third-order valence-electron chi connectivity index (χ3n) is 3.46. The average molecular weight is 284 g/mol. The zero-order valence-corrected chi connectivity index (χ0v) is 11.5. The molecule has 0 aliphatic heterocycles. The molecule has 1 heterocycles. The Hall–Kier alpha value is -2.96. The maximum atomic E-state index is 11.3. The number of benzene rings is 2. The summed E-state index contributed by atoms with van der Waals surface area (Å²) < 4.78 is 4.57. The lowest BCUT2D eigenvalue weighted by atomic mass is 10.1. The van der Waals surface area contributed by atoms with Crippen LogP contribution in [-0.4, -0.2) is 15.2 Å². The van der Waals surface area contributed by atoms with Crippen LogP contribution in [0.2, 0.25) is 0 Å². The van der Waals surface area contributed by atoms with Gasteiger partial charge in [-0.05, 0) is 53.5 Å². The van der Waals surface area contributed by atoms with Crippen LogP contribution in [0.1, 0.15) is 11.1 Å². The first-order chi connectivity index (χ1) is 10.1. The fourth-order valence-corrected chi connectivity index (χ4v) is 2.16. The summed E-state index contributed by atoms with van der Waals surface area (Å²) in [5.41, 5.74) is 3.65. The van der Waals surface area contributed by atoms with Crippen LogP contribution in [0.15, 0.2) is 35.0 Å². The minimum absolute atomic E-state index is 0.135. The number of nitrogens with zero attached hydrogens (tertiary/aromatic N) is 3. The summed E-state index contributed by atoms with van der Waals surface area (Å²) >= 11 is 0. The molecule has 2 aromatic carbocycles. The van der Waals surface area contributed by atoms with Crippen LogP contribution < -0.4 is 5.32 Å². The van der Waals surface area contributed by atoms with Gasteiger partial charge in [0, 0.05) is 5.69 Å². The highest BCUT2D eigenvalue weighted by atomic mass is 16.6. The van der Waals surface area contributed by atoms with E-state index in [1.165, 1.54) is 0 Å². The molecule has 106 valence electrons. The van der Waals surface area contributed by atoms with Gasteiger partial charge in [0.1, 0.15) is 11.2 Å². The Morgan fingerprint density at radius 1 is 1.14 bits per heavy atom. The van der Waals surface area contributed by atoms with Gasteiger partial charge in [-0.3, -0.25) is 10.1 Å². The Morgan fingerprint density at radius 3 is 2.71 bits per heavy atom. The van der Waals surface area contributed by atoms with E-state index in [1.807, 2.05) is 32.0 Å². The molecule has 21 heavy (non-hydrogen) atoms. The number of fused-ring (bicyclic) bond motifs is 1. The molecule has 0 atom stereocenters. The lowest BCUT2D eigenvalue weighted by Gasteiger charge is -2.11. The smallest absolute Gasteiger partial charge is 0.323 e. The number of nitro benzene ring substituents is 1. The van der Waals surface area contributed by atoms with Gasteiger partial charge >= 0.3 is 5.69 Å². The van der Waals surface area contributed by atoms with E-state index in [1.54, 1.807) is 12.1 Å². The van der Waals surface area contributed by atoms with E-state index in [0.29, 0.717) is 11.2 Å². The van der Waals surface area contributed by atoms with Crippen molar-refractivity contribution in [2.45, 2.75) is 13.8 Å². The van der Waals surface area contributed by atoms with Crippen molar-refractivity contribution < 1.29 is 9.55 Å². The Labute approximate surface area is 119 Å². The Balaban J connectivity index is 2.14. The molecule has 0 amide bonds. The molecule has 0 spiro atoms. The minimum atomic E-state index is -0.486. The van der Waals surface area contributed by atoms with Gasteiger partial charge in [-0.2, -0.15) is 0 Å². The predicted molar refractivity (Wildman–Crippen MR) is 77.7 cm³/mol. The lowest BCUT2D eigenvalue weighted by molar-refractivity contribution is -0.382. The number of anilines is 2. The highest BCUT2D eigenvalue weighted by molar-refractivity contribution is 5.92. The molecule has 0 aliphatic carbocycles. The molecular formula is C14H12N4O3. The molecule has 0 fully saturated rings. The molecule has 7 heteroatoms. The van der Waals surface area contributed by atoms with Crippen LogP contribution in [0.4, 0.5) is 17.1 Å². The third kappa shape index (κ3) is 2.18. The fraction of sp³-hybridized carbons (Fsp3) is 0.143. The molecule has 3 rings (SSSR count). The molecule has 0 unspecified atom stereocenters. The first kappa shape index (κ1) is 13.0. The maximum Gasteiger partial charge on any atom is 0.323 e. The lowest BCUT2D eigenvalue weighted by Crippen LogP contribution is -2.00. The molecule has 3 aromatic rings. The number of hydrogen-bond donors (Lipinski definition) is 1. The number of hydrogen-bond acceptors (Lipinski definition) is 6. The van der Waals surface area contributed by atoms with E-state index in [2.05, 4.69) is 20.3 Å². The molecular weight excluding hydrogens is 272 g/mol. The normalized spacial score (nSPS) is 10.8. The number of nitrogens with one attached hydrogen (secondary N) is 1. The van der Waals surface area contributed by atoms with Gasteiger partial charge in [0.05, 0.1) is 4.92 Å². The molecule has 1 aromatic heterocycles. The number of aryl methyl sites for hydroxylation is 1. The van der Waals surface area contributed by atoms with Crippen molar-refractivity contribution in [3.63, 3.8) is 0 Å². The molecule has 0 aliphatic rings. The summed E-state index contributed by atoms with van der Waals surface area (Å²) in [4.78, 5) is 10.8. The summed E-state index contributed by atoms with van der Waals surface area (Å²) in [6.07, 6.45) is 0. The summed E-state index contributed by atoms with van der Waals surface area (Å²) in [5, 5.41) is 21.7. The van der Waals surface area contributed by atoms with Gasteiger partial charge in [0.15, 0.2) is 0 Å². The van der Waals surface area contributed by atoms with Crippen molar-refractivity contribution in [2.24, 2.45) is 0 Å². The predicted octanol–water partition coefficient (Wildman–Crippen LogP) is 3.49. The van der Waals surface area contributed by atoms with Crippen molar-refractivity contribution in [1.82, 2.24) is 10.3 Å². The van der Waals surface area contributed by atoms with Crippen LogP contribution in [-0.2, 0) is 0 Å². The molecule has 0 saturated heterocycles. The maximum absolute atomic E-state index is 11.3. The summed E-state index contributed by atoms with van der Waals surface area (Å²) in [7, 11) is 0. The van der Waals surface area contributed by atoms with Crippen LogP contribution in [0.5, 0.6) is 0 Å². The van der Waals surface area contributed by atoms with Crippen molar-refractivity contribution in [1.29, 1.82) is 0 Å². The summed E-state index contributed by atoms with van der Waals surface area (Å²) in [5.74, 6) is 0. The Kier molecular flexibility index (Phi) is 3.02. The van der Waals surface area contributed by atoms with Crippen LogP contribution in [0.25, 0.3) is 11.0 Å². The SMILES string of the molecule is Cc1cccc(Nc2ccc3nonc3c2[N+](=O)[O-])c1C. The highest BCUT2D eigenvalue weighted by Crippen LogP contribution is 2.34. The van der Waals surface area contributed by atoms with E-state index in [-0.39, 0.29) is 11.2 Å². The van der Waals surface area contributed by atoms with E-state index in [0.717, 1.165) is 16.8 Å². The molecule has 1 N–H and O–H groups in total. The van der Waals surface area contributed by atoms with Gasteiger partial charge in [-0.1, -0.05) is 12.1 Å². The second kappa shape index (κ2) is 4.86. The van der Waals surface area contributed by atoms with Gasteiger partial charge in [0.25, 0.3) is 0 Å². The first-order valence-corrected chi connectivity index (χ1v) is 6.31. The van der Waals surface area contributed by atoms with Crippen molar-refractivity contribution in [3.05, 3.63) is 51.6 Å². The van der Waals surface area contributed by atoms with Crippen LogP contribution >= 0.6 is 0 Å². The average Bonchev–Trinajstić information content (AvgIpc) is 2.91. The molecule has 0 saturated carbocycles. The number of rotatable bonds is 3. The van der Waals surface area contributed by atoms with Gasteiger partial charge in [-0.25, -0.2) is 4.63 Å². The summed E-state index contributed by atoms with van der Waals surface area (Å²) in [6, 6.07) is 8.99. The standard InChI is InChI=1S/C14H12N4O3/c1-8-4-3-5-10(9(8)2)15-12-7-6-11-13(17-21-16-11)14(12)18(19)20/h3-7,15H,1-2H3. The topological polar surface area (TPSA) is 94.1 Å². The molecule has 7 nitrogen and oxygen atoms in total. The first-order valence-electron chi connectivity index (χ1n) is 6.31. The van der Waals surface area contributed by atoms with E-state index in [9.17, 15) is 10.1 Å². The minimum Gasteiger partial charge on any atom is -0.350 e. The monoisotopic (exact) mass is 284 g/mol. The van der Waals surface area contributed by atoms with Crippen molar-refractivity contribution in [2.75, 3.05) is 5.32 Å². The van der Waals surface area contributed by atoms with Gasteiger partial charge in [-0.15, -0.1) is 0 Å². The van der Waals surface area contributed by atoms with E-state index < -0.39 is 4.92 Å². The fourth-order valence-electron chi connectivity index (χ4n) is 2.16. The Morgan fingerprint density at radius 2 is 1.95 bits per heavy atom. The molecule has 0 radical (unpaired) electrons. The quantitative estimate of drug-likeness (QED) is 0.584. The zero-order valence-electron chi connectivity index (χ0n) is 11.5. The highest BCUT2D eigenvalue weighted by Gasteiger charge is 2.22. The number of aromatic nitrogens is 2. The molecule has 0 bridgehead atoms. The zero-order chi connectivity index (χ0) is 15.0. The van der Waals surface area contributed by atoms with Crippen LogP contribution in [0, 0.1) is 24.0 Å². The second-order valence-corrected chi connectivity index (χ2v) is 4.72. The van der Waals surface area contributed by atoms with Gasteiger partial charge < -0.3 is 5.32 Å². The largest absolute Gasteiger partial charge is 0.350 e. The van der Waals surface area contributed by atoms with Crippen molar-refractivity contribution in [3.8, 4) is 0 Å². The van der Waals surface area contributed by atoms with E-state index in [4.69, 9.17) is 0 Å². The van der Waals surface area contributed by atoms with Gasteiger partial charge in [0.2, 0.25) is 5.52 Å². The van der Waals surface area contributed by atoms with Crippen LogP contribution in [0.3, 0.4) is 0 Å².